The fourth-order valence-corrected chi connectivity index (χ4v) is 3.24. The van der Waals surface area contributed by atoms with Gasteiger partial charge < -0.3 is 20.9 Å². The first-order chi connectivity index (χ1) is 11.4. The molecule has 0 aliphatic carbocycles. The van der Waals surface area contributed by atoms with E-state index in [-0.39, 0.29) is 6.15 Å². The molecule has 0 unspecified atom stereocenters. The summed E-state index contributed by atoms with van der Waals surface area (Å²) < 4.78 is 0. The van der Waals surface area contributed by atoms with Crippen LogP contribution in [-0.4, -0.2) is 131 Å². The van der Waals surface area contributed by atoms with Crippen molar-refractivity contribution in [2.24, 2.45) is 0 Å². The molecule has 1 aliphatic rings. The van der Waals surface area contributed by atoms with E-state index in [4.69, 9.17) is 0 Å². The lowest BCUT2D eigenvalue weighted by molar-refractivity contribution is -0.0320. The van der Waals surface area contributed by atoms with Crippen molar-refractivity contribution in [3.05, 3.63) is 0 Å². The summed E-state index contributed by atoms with van der Waals surface area (Å²) >= 11 is 0. The molecule has 0 radical (unpaired) electrons. The van der Waals surface area contributed by atoms with E-state index in [0.29, 0.717) is 0 Å². The molecule has 0 atom stereocenters. The Hall–Kier alpha value is -0.280. The lowest BCUT2D eigenvalue weighted by atomic mass is 10.3. The molecule has 0 spiro atoms. The highest BCUT2D eigenvalue weighted by atomic mass is 15.5. The first kappa shape index (κ1) is 24.7. The molecule has 3 N–H and O–H groups in total. The summed E-state index contributed by atoms with van der Waals surface area (Å²) in [6.07, 6.45) is 3.76. The van der Waals surface area contributed by atoms with Crippen LogP contribution >= 0.6 is 0 Å². The Kier molecular flexibility index (Phi) is 13.7. The van der Waals surface area contributed by atoms with E-state index in [1.165, 1.54) is 58.5 Å². The largest absolute Gasteiger partial charge is 0.344 e. The van der Waals surface area contributed by atoms with Gasteiger partial charge in [0, 0.05) is 19.6 Å². The van der Waals surface area contributed by atoms with Crippen LogP contribution in [0.15, 0.2) is 0 Å². The Labute approximate surface area is 157 Å². The van der Waals surface area contributed by atoms with Crippen molar-refractivity contribution >= 4 is 0 Å². The highest BCUT2D eigenvalue weighted by molar-refractivity contribution is 4.71. The summed E-state index contributed by atoms with van der Waals surface area (Å²) in [6.45, 7) is 10.5. The maximum atomic E-state index is 2.62. The molecule has 1 heterocycles. The minimum absolute atomic E-state index is 0. The van der Waals surface area contributed by atoms with Crippen LogP contribution in [0, 0.1) is 0 Å². The molecule has 1 aliphatic heterocycles. The highest BCUT2D eigenvalue weighted by Crippen LogP contribution is 2.10. The lowest BCUT2D eigenvalue weighted by Crippen LogP contribution is -2.55. The molecule has 152 valence electrons. The summed E-state index contributed by atoms with van der Waals surface area (Å²) in [5.74, 6) is 0. The van der Waals surface area contributed by atoms with Gasteiger partial charge in [-0.25, -0.2) is 0 Å². The number of rotatable bonds is 12. The van der Waals surface area contributed by atoms with Gasteiger partial charge in [0.15, 0.2) is 0 Å². The SMILES string of the molecule is CN(C)CCCN1CN(CCCN(C)C)CN(CCCN(C)C)C1.N. The molecule has 1 saturated heterocycles. The molecule has 0 bridgehead atoms. The van der Waals surface area contributed by atoms with E-state index < -0.39 is 0 Å². The highest BCUT2D eigenvalue weighted by Gasteiger charge is 2.22. The first-order valence-electron chi connectivity index (χ1n) is 9.48. The molecule has 0 aromatic rings. The van der Waals surface area contributed by atoms with E-state index in [1.54, 1.807) is 0 Å². The van der Waals surface area contributed by atoms with Crippen molar-refractivity contribution < 1.29 is 0 Å². The molecule has 1 rings (SSSR count). The maximum Gasteiger partial charge on any atom is 0.0530 e. The molecular formula is C18H45N7. The fraction of sp³-hybridized carbons (Fsp3) is 1.00. The van der Waals surface area contributed by atoms with E-state index in [9.17, 15) is 0 Å². The standard InChI is InChI=1S/C18H42N6.H3N/c1-19(2)10-7-13-22-16-23(14-8-11-20(3)4)18-24(17-22)15-9-12-21(5)6;/h7-18H2,1-6H3;1H3. The normalized spacial score (nSPS) is 17.6. The van der Waals surface area contributed by atoms with Crippen LogP contribution in [0.3, 0.4) is 0 Å². The maximum absolute atomic E-state index is 2.62. The van der Waals surface area contributed by atoms with Crippen LogP contribution in [0.5, 0.6) is 0 Å². The smallest absolute Gasteiger partial charge is 0.0530 e. The Bertz CT molecular complexity index is 256. The van der Waals surface area contributed by atoms with Gasteiger partial charge >= 0.3 is 0 Å². The summed E-state index contributed by atoms with van der Waals surface area (Å²) in [7, 11) is 13.0. The van der Waals surface area contributed by atoms with Gasteiger partial charge in [-0.2, -0.15) is 0 Å². The Balaban J connectivity index is 0.00000576. The van der Waals surface area contributed by atoms with Crippen molar-refractivity contribution in [2.75, 3.05) is 102 Å². The van der Waals surface area contributed by atoms with Crippen LogP contribution in [-0.2, 0) is 0 Å². The minimum Gasteiger partial charge on any atom is -0.344 e. The molecule has 7 heteroatoms. The van der Waals surface area contributed by atoms with Crippen LogP contribution in [0.25, 0.3) is 0 Å². The van der Waals surface area contributed by atoms with Crippen LogP contribution in [0.4, 0.5) is 0 Å². The van der Waals surface area contributed by atoms with Gasteiger partial charge in [-0.15, -0.1) is 0 Å². The van der Waals surface area contributed by atoms with Crippen LogP contribution in [0.1, 0.15) is 19.3 Å². The zero-order valence-corrected chi connectivity index (χ0v) is 17.9. The topological polar surface area (TPSA) is 54.4 Å². The molecule has 0 saturated carbocycles. The van der Waals surface area contributed by atoms with Gasteiger partial charge in [-0.3, -0.25) is 14.7 Å². The third-order valence-corrected chi connectivity index (χ3v) is 4.44. The zero-order valence-electron chi connectivity index (χ0n) is 17.9. The van der Waals surface area contributed by atoms with Crippen molar-refractivity contribution in [3.8, 4) is 0 Å². The van der Waals surface area contributed by atoms with Crippen LogP contribution in [0.2, 0.25) is 0 Å². The van der Waals surface area contributed by atoms with Crippen LogP contribution < -0.4 is 6.15 Å². The Morgan fingerprint density at radius 3 is 0.960 bits per heavy atom. The quantitative estimate of drug-likeness (QED) is 0.553. The molecular weight excluding hydrogens is 314 g/mol. The van der Waals surface area contributed by atoms with Gasteiger partial charge in [0.2, 0.25) is 0 Å². The Morgan fingerprint density at radius 2 is 0.760 bits per heavy atom. The molecule has 7 nitrogen and oxygen atoms in total. The average molecular weight is 360 g/mol. The van der Waals surface area contributed by atoms with Gasteiger partial charge in [0.1, 0.15) is 0 Å². The zero-order chi connectivity index (χ0) is 17.9. The monoisotopic (exact) mass is 359 g/mol. The van der Waals surface area contributed by atoms with Gasteiger partial charge in [-0.1, -0.05) is 0 Å². The summed E-state index contributed by atoms with van der Waals surface area (Å²) in [6, 6.07) is 0. The molecule has 0 amide bonds. The second-order valence-corrected chi connectivity index (χ2v) is 8.08. The van der Waals surface area contributed by atoms with Crippen molar-refractivity contribution in [2.45, 2.75) is 19.3 Å². The third-order valence-electron chi connectivity index (χ3n) is 4.44. The summed E-state index contributed by atoms with van der Waals surface area (Å²) in [5, 5.41) is 0. The molecule has 0 aromatic heterocycles. The number of hydrogen-bond donors (Lipinski definition) is 1. The van der Waals surface area contributed by atoms with E-state index in [0.717, 1.165) is 20.0 Å². The summed E-state index contributed by atoms with van der Waals surface area (Å²) in [5.41, 5.74) is 0. The van der Waals surface area contributed by atoms with Crippen molar-refractivity contribution in [3.63, 3.8) is 0 Å². The summed E-state index contributed by atoms with van der Waals surface area (Å²) in [4.78, 5) is 14.7. The minimum atomic E-state index is 0. The first-order valence-corrected chi connectivity index (χ1v) is 9.48. The van der Waals surface area contributed by atoms with Gasteiger partial charge in [-0.05, 0) is 81.2 Å². The van der Waals surface area contributed by atoms with E-state index in [2.05, 4.69) is 71.7 Å². The Morgan fingerprint density at radius 1 is 0.520 bits per heavy atom. The second kappa shape index (κ2) is 13.9. The predicted molar refractivity (Wildman–Crippen MR) is 109 cm³/mol. The fourth-order valence-electron chi connectivity index (χ4n) is 3.24. The second-order valence-electron chi connectivity index (χ2n) is 8.08. The average Bonchev–Trinajstić information content (AvgIpc) is 2.46. The number of nitrogens with zero attached hydrogens (tertiary/aromatic N) is 6. The van der Waals surface area contributed by atoms with Crippen molar-refractivity contribution in [1.82, 2.24) is 35.6 Å². The third kappa shape index (κ3) is 12.7. The van der Waals surface area contributed by atoms with Gasteiger partial charge in [0.25, 0.3) is 0 Å². The van der Waals surface area contributed by atoms with Gasteiger partial charge in [0.05, 0.1) is 20.0 Å². The van der Waals surface area contributed by atoms with E-state index in [1.807, 2.05) is 0 Å². The molecule has 25 heavy (non-hydrogen) atoms. The van der Waals surface area contributed by atoms with Crippen molar-refractivity contribution in [1.29, 1.82) is 0 Å². The number of hydrogen-bond acceptors (Lipinski definition) is 7. The predicted octanol–water partition coefficient (Wildman–Crippen LogP) is 0.796. The molecule has 1 fully saturated rings. The lowest BCUT2D eigenvalue weighted by Gasteiger charge is -2.42. The van der Waals surface area contributed by atoms with E-state index >= 15 is 0 Å². The molecule has 0 aromatic carbocycles.